The second-order valence-corrected chi connectivity index (χ2v) is 5.47. The number of carboxylic acid groups (broad SMARTS) is 1. The molecule has 0 aliphatic rings. The van der Waals surface area contributed by atoms with Crippen LogP contribution in [-0.4, -0.2) is 16.0 Å². The van der Waals surface area contributed by atoms with Gasteiger partial charge in [-0.15, -0.1) is 11.3 Å². The molecular formula is C13H11FN2O4S. The lowest BCUT2D eigenvalue weighted by Gasteiger charge is -2.04. The van der Waals surface area contributed by atoms with Gasteiger partial charge in [-0.2, -0.15) is 4.39 Å². The zero-order chi connectivity index (χ0) is 15.4. The molecule has 8 heteroatoms. The molecule has 1 heterocycles. The fourth-order valence-corrected chi connectivity index (χ4v) is 2.66. The maximum absolute atomic E-state index is 13.4. The molecule has 0 bridgehead atoms. The summed E-state index contributed by atoms with van der Waals surface area (Å²) in [7, 11) is 0. The van der Waals surface area contributed by atoms with Gasteiger partial charge in [0.25, 0.3) is 0 Å². The van der Waals surface area contributed by atoms with E-state index in [2.05, 4.69) is 5.32 Å². The normalized spacial score (nSPS) is 10.3. The molecule has 0 atom stereocenters. The quantitative estimate of drug-likeness (QED) is 0.632. The van der Waals surface area contributed by atoms with E-state index in [1.54, 1.807) is 12.1 Å². The lowest BCUT2D eigenvalue weighted by atomic mass is 10.2. The van der Waals surface area contributed by atoms with E-state index in [4.69, 9.17) is 5.11 Å². The molecule has 21 heavy (non-hydrogen) atoms. The van der Waals surface area contributed by atoms with Crippen LogP contribution in [0.4, 0.5) is 15.8 Å². The molecular weight excluding hydrogens is 299 g/mol. The van der Waals surface area contributed by atoms with Crippen molar-refractivity contribution < 1.29 is 19.2 Å². The number of aliphatic carboxylic acids is 1. The lowest BCUT2D eigenvalue weighted by molar-refractivity contribution is -0.387. The standard InChI is InChI=1S/C13H11FN2O4S/c14-11-5-8(1-4-12(11)16(19)20)15-7-10-3-2-9(21-10)6-13(17)18/h1-5,15H,6-7H2,(H,17,18). The summed E-state index contributed by atoms with van der Waals surface area (Å²) in [5.41, 5.74) is -0.147. The van der Waals surface area contributed by atoms with Crippen LogP contribution in [0.1, 0.15) is 9.75 Å². The minimum Gasteiger partial charge on any atom is -0.481 e. The van der Waals surface area contributed by atoms with Gasteiger partial charge in [-0.05, 0) is 18.2 Å². The van der Waals surface area contributed by atoms with E-state index in [1.807, 2.05) is 0 Å². The summed E-state index contributed by atoms with van der Waals surface area (Å²) < 4.78 is 13.4. The molecule has 0 spiro atoms. The second kappa shape index (κ2) is 6.31. The molecule has 1 aromatic heterocycles. The Hall–Kier alpha value is -2.48. The molecule has 2 aromatic rings. The minimum absolute atomic E-state index is 0.0309. The molecule has 2 N–H and O–H groups in total. The molecule has 0 unspecified atom stereocenters. The van der Waals surface area contributed by atoms with E-state index in [9.17, 15) is 19.3 Å². The number of benzene rings is 1. The van der Waals surface area contributed by atoms with Gasteiger partial charge in [-0.1, -0.05) is 0 Å². The van der Waals surface area contributed by atoms with Crippen LogP contribution in [-0.2, 0) is 17.8 Å². The highest BCUT2D eigenvalue weighted by Crippen LogP contribution is 2.22. The average molecular weight is 310 g/mol. The molecule has 0 aliphatic carbocycles. The van der Waals surface area contributed by atoms with Crippen LogP contribution in [0.5, 0.6) is 0 Å². The lowest BCUT2D eigenvalue weighted by Crippen LogP contribution is -1.99. The first-order valence-electron chi connectivity index (χ1n) is 5.93. The maximum atomic E-state index is 13.4. The fourth-order valence-electron chi connectivity index (χ4n) is 1.72. The minimum atomic E-state index is -0.900. The number of nitro groups is 1. The molecule has 2 rings (SSSR count). The largest absolute Gasteiger partial charge is 0.481 e. The highest BCUT2D eigenvalue weighted by Gasteiger charge is 2.13. The van der Waals surface area contributed by atoms with Crippen molar-refractivity contribution in [2.75, 3.05) is 5.32 Å². The van der Waals surface area contributed by atoms with Gasteiger partial charge in [0.05, 0.1) is 11.3 Å². The second-order valence-electron chi connectivity index (χ2n) is 4.22. The zero-order valence-corrected chi connectivity index (χ0v) is 11.5. The molecule has 0 amide bonds. The molecule has 0 fully saturated rings. The molecule has 0 aliphatic heterocycles. The van der Waals surface area contributed by atoms with Crippen molar-refractivity contribution in [3.63, 3.8) is 0 Å². The number of nitrogens with zero attached hydrogens (tertiary/aromatic N) is 1. The highest BCUT2D eigenvalue weighted by molar-refractivity contribution is 7.12. The van der Waals surface area contributed by atoms with Crippen LogP contribution in [0.25, 0.3) is 0 Å². The summed E-state index contributed by atoms with van der Waals surface area (Å²) in [5, 5.41) is 22.1. The summed E-state index contributed by atoms with van der Waals surface area (Å²) in [6, 6.07) is 7.10. The van der Waals surface area contributed by atoms with Crippen LogP contribution in [0.3, 0.4) is 0 Å². The molecule has 6 nitrogen and oxygen atoms in total. The third-order valence-corrected chi connectivity index (χ3v) is 3.74. The summed E-state index contributed by atoms with van der Waals surface area (Å²) >= 11 is 1.35. The van der Waals surface area contributed by atoms with E-state index in [1.165, 1.54) is 17.4 Å². The predicted octanol–water partition coefficient (Wildman–Crippen LogP) is 3.03. The Kier molecular flexibility index (Phi) is 4.49. The molecule has 1 aromatic carbocycles. The number of halogens is 1. The smallest absolute Gasteiger partial charge is 0.308 e. The predicted molar refractivity (Wildman–Crippen MR) is 76.0 cm³/mol. The van der Waals surface area contributed by atoms with Gasteiger partial charge < -0.3 is 10.4 Å². The first-order chi connectivity index (χ1) is 9.95. The van der Waals surface area contributed by atoms with E-state index in [0.717, 1.165) is 21.9 Å². The van der Waals surface area contributed by atoms with Crippen molar-refractivity contribution in [3.05, 3.63) is 56.0 Å². The summed E-state index contributed by atoms with van der Waals surface area (Å²) in [5.74, 6) is -1.79. The molecule has 0 saturated carbocycles. The van der Waals surface area contributed by atoms with Gasteiger partial charge in [0.2, 0.25) is 5.82 Å². The van der Waals surface area contributed by atoms with Gasteiger partial charge in [0.15, 0.2) is 0 Å². The Bertz CT molecular complexity index is 687. The third-order valence-electron chi connectivity index (χ3n) is 2.65. The van der Waals surface area contributed by atoms with Gasteiger partial charge >= 0.3 is 11.7 Å². The van der Waals surface area contributed by atoms with Crippen molar-refractivity contribution in [3.8, 4) is 0 Å². The van der Waals surface area contributed by atoms with Crippen molar-refractivity contribution in [2.45, 2.75) is 13.0 Å². The maximum Gasteiger partial charge on any atom is 0.308 e. The zero-order valence-electron chi connectivity index (χ0n) is 10.7. The SMILES string of the molecule is O=C(O)Cc1ccc(CNc2ccc([N+](=O)[O-])c(F)c2)s1. The molecule has 0 radical (unpaired) electrons. The van der Waals surface area contributed by atoms with E-state index in [-0.39, 0.29) is 6.42 Å². The van der Waals surface area contributed by atoms with Gasteiger partial charge in [0, 0.05) is 34.1 Å². The number of carboxylic acids is 1. The first kappa shape index (κ1) is 14.9. The van der Waals surface area contributed by atoms with Gasteiger partial charge in [0.1, 0.15) is 0 Å². The first-order valence-corrected chi connectivity index (χ1v) is 6.74. The van der Waals surface area contributed by atoms with Crippen LogP contribution in [0, 0.1) is 15.9 Å². The Morgan fingerprint density at radius 3 is 2.67 bits per heavy atom. The van der Waals surface area contributed by atoms with Crippen molar-refractivity contribution >= 4 is 28.7 Å². The van der Waals surface area contributed by atoms with Crippen LogP contribution >= 0.6 is 11.3 Å². The monoisotopic (exact) mass is 310 g/mol. The number of hydrogen-bond donors (Lipinski definition) is 2. The number of thiophene rings is 1. The third kappa shape index (κ3) is 3.99. The Morgan fingerprint density at radius 2 is 2.05 bits per heavy atom. The van der Waals surface area contributed by atoms with Crippen molar-refractivity contribution in [2.24, 2.45) is 0 Å². The van der Waals surface area contributed by atoms with Crippen molar-refractivity contribution in [1.29, 1.82) is 0 Å². The van der Waals surface area contributed by atoms with E-state index >= 15 is 0 Å². The topological polar surface area (TPSA) is 92.5 Å². The number of hydrogen-bond acceptors (Lipinski definition) is 5. The van der Waals surface area contributed by atoms with E-state index < -0.39 is 22.4 Å². The number of carbonyl (C=O) groups is 1. The molecule has 110 valence electrons. The number of nitro benzene ring substituents is 1. The summed E-state index contributed by atoms with van der Waals surface area (Å²) in [4.78, 5) is 21.9. The Labute approximate surface area is 123 Å². The van der Waals surface area contributed by atoms with Crippen LogP contribution < -0.4 is 5.32 Å². The van der Waals surface area contributed by atoms with Gasteiger partial charge in [-0.25, -0.2) is 0 Å². The van der Waals surface area contributed by atoms with Crippen LogP contribution in [0.15, 0.2) is 30.3 Å². The van der Waals surface area contributed by atoms with Crippen LogP contribution in [0.2, 0.25) is 0 Å². The Morgan fingerprint density at radius 1 is 1.33 bits per heavy atom. The van der Waals surface area contributed by atoms with Crippen molar-refractivity contribution in [1.82, 2.24) is 0 Å². The average Bonchev–Trinajstić information content (AvgIpc) is 2.82. The highest BCUT2D eigenvalue weighted by atomic mass is 32.1. The summed E-state index contributed by atoms with van der Waals surface area (Å²) in [6.45, 7) is 0.390. The molecule has 0 saturated heterocycles. The summed E-state index contributed by atoms with van der Waals surface area (Å²) in [6.07, 6.45) is -0.0309. The van der Waals surface area contributed by atoms with Gasteiger partial charge in [-0.3, -0.25) is 14.9 Å². The Balaban J connectivity index is 1.99. The van der Waals surface area contributed by atoms with E-state index in [0.29, 0.717) is 12.2 Å². The number of nitrogens with one attached hydrogen (secondary N) is 1. The number of rotatable bonds is 6. The number of anilines is 1. The fraction of sp³-hybridized carbons (Fsp3) is 0.154.